The Labute approximate surface area is 183 Å². The van der Waals surface area contributed by atoms with E-state index in [0.29, 0.717) is 12.3 Å². The Bertz CT molecular complexity index is 728. The Kier molecular flexibility index (Phi) is 8.43. The highest BCUT2D eigenvalue weighted by molar-refractivity contribution is 5.42. The van der Waals surface area contributed by atoms with E-state index in [2.05, 4.69) is 6.92 Å². The fourth-order valence-electron chi connectivity index (χ4n) is 5.19. The SMILES string of the molecule is C/C=C/COc1ccc(C2CCC(C3CCC(CCC)CC3)OC2)c(C(F)(F)F)c1F. The van der Waals surface area contributed by atoms with Crippen molar-refractivity contribution in [3.63, 3.8) is 0 Å². The smallest absolute Gasteiger partial charge is 0.419 e. The van der Waals surface area contributed by atoms with Crippen LogP contribution in [0.25, 0.3) is 0 Å². The highest BCUT2D eigenvalue weighted by Gasteiger charge is 2.41. The van der Waals surface area contributed by atoms with Gasteiger partial charge in [-0.1, -0.05) is 50.8 Å². The van der Waals surface area contributed by atoms with Crippen LogP contribution in [-0.2, 0) is 10.9 Å². The number of allylic oxidation sites excluding steroid dienone is 1. The molecule has 1 aromatic rings. The van der Waals surface area contributed by atoms with Crippen LogP contribution < -0.4 is 4.74 Å². The third kappa shape index (κ3) is 6.03. The van der Waals surface area contributed by atoms with Gasteiger partial charge in [-0.3, -0.25) is 0 Å². The third-order valence-electron chi connectivity index (χ3n) is 6.86. The molecule has 0 radical (unpaired) electrons. The molecule has 1 aromatic carbocycles. The quantitative estimate of drug-likeness (QED) is 0.319. The van der Waals surface area contributed by atoms with Crippen molar-refractivity contribution < 1.29 is 27.0 Å². The molecule has 1 aliphatic carbocycles. The molecule has 1 aliphatic heterocycles. The lowest BCUT2D eigenvalue weighted by atomic mass is 9.75. The summed E-state index contributed by atoms with van der Waals surface area (Å²) in [6, 6.07) is 2.67. The van der Waals surface area contributed by atoms with Crippen molar-refractivity contribution in [2.45, 2.75) is 83.4 Å². The summed E-state index contributed by atoms with van der Waals surface area (Å²) in [6.45, 7) is 4.21. The van der Waals surface area contributed by atoms with Gasteiger partial charge >= 0.3 is 6.18 Å². The number of alkyl halides is 3. The second-order valence-corrected chi connectivity index (χ2v) is 8.94. The lowest BCUT2D eigenvalue weighted by Gasteiger charge is -2.38. The van der Waals surface area contributed by atoms with E-state index >= 15 is 0 Å². The zero-order chi connectivity index (χ0) is 22.4. The first-order valence-electron chi connectivity index (χ1n) is 11.6. The maximum atomic E-state index is 14.8. The van der Waals surface area contributed by atoms with Crippen LogP contribution in [0.1, 0.15) is 82.3 Å². The maximum absolute atomic E-state index is 14.8. The topological polar surface area (TPSA) is 18.5 Å². The number of ether oxygens (including phenoxy) is 2. The number of benzene rings is 1. The molecule has 1 saturated heterocycles. The molecule has 6 heteroatoms. The Balaban J connectivity index is 1.67. The van der Waals surface area contributed by atoms with Crippen molar-refractivity contribution in [1.29, 1.82) is 0 Å². The van der Waals surface area contributed by atoms with Crippen LogP contribution in [0, 0.1) is 17.7 Å². The Morgan fingerprint density at radius 3 is 2.42 bits per heavy atom. The molecule has 2 aliphatic rings. The first-order chi connectivity index (χ1) is 14.8. The zero-order valence-electron chi connectivity index (χ0n) is 18.5. The summed E-state index contributed by atoms with van der Waals surface area (Å²) in [6.07, 6.45) is 7.17. The van der Waals surface area contributed by atoms with Crippen LogP contribution in [0.3, 0.4) is 0 Å². The van der Waals surface area contributed by atoms with Crippen LogP contribution in [-0.4, -0.2) is 19.3 Å². The van der Waals surface area contributed by atoms with E-state index in [1.807, 2.05) is 0 Å². The van der Waals surface area contributed by atoms with Crippen molar-refractivity contribution >= 4 is 0 Å². The first kappa shape index (κ1) is 24.1. The minimum Gasteiger partial charge on any atom is -0.486 e. The number of hydrogen-bond donors (Lipinski definition) is 0. The predicted octanol–water partition coefficient (Wildman–Crippen LogP) is 7.67. The van der Waals surface area contributed by atoms with E-state index in [0.717, 1.165) is 25.2 Å². The normalized spacial score (nSPS) is 27.5. The molecule has 0 amide bonds. The zero-order valence-corrected chi connectivity index (χ0v) is 18.5. The van der Waals surface area contributed by atoms with Crippen molar-refractivity contribution in [3.05, 3.63) is 41.2 Å². The number of halogens is 4. The fourth-order valence-corrected chi connectivity index (χ4v) is 5.19. The van der Waals surface area contributed by atoms with Gasteiger partial charge < -0.3 is 9.47 Å². The molecule has 3 rings (SSSR count). The molecule has 174 valence electrons. The molecule has 2 fully saturated rings. The summed E-state index contributed by atoms with van der Waals surface area (Å²) in [5.74, 6) is -0.847. The molecular formula is C25H34F4O2. The minimum atomic E-state index is -4.78. The summed E-state index contributed by atoms with van der Waals surface area (Å²) < 4.78 is 67.3. The van der Waals surface area contributed by atoms with Crippen molar-refractivity contribution in [1.82, 2.24) is 0 Å². The van der Waals surface area contributed by atoms with Gasteiger partial charge in [0.2, 0.25) is 0 Å². The summed E-state index contributed by atoms with van der Waals surface area (Å²) in [5, 5.41) is 0. The van der Waals surface area contributed by atoms with Gasteiger partial charge in [-0.2, -0.15) is 13.2 Å². The van der Waals surface area contributed by atoms with E-state index in [9.17, 15) is 17.6 Å². The molecule has 2 unspecified atom stereocenters. The fraction of sp³-hybridized carbons (Fsp3) is 0.680. The Morgan fingerprint density at radius 1 is 1.10 bits per heavy atom. The van der Waals surface area contributed by atoms with Crippen LogP contribution in [0.5, 0.6) is 5.75 Å². The standard InChI is InChI=1S/C25H34F4O2/c1-3-5-15-30-22-14-12-20(23(24(22)26)25(27,28)29)19-11-13-21(31-16-19)18-9-7-17(6-4-2)8-10-18/h3,5,12,14,17-19,21H,4,6-11,13,15-16H2,1-2H3/b5-3+. The molecule has 0 N–H and O–H groups in total. The second kappa shape index (κ2) is 10.8. The van der Waals surface area contributed by atoms with Gasteiger partial charge in [0.05, 0.1) is 18.3 Å². The van der Waals surface area contributed by atoms with Crippen molar-refractivity contribution in [2.24, 2.45) is 11.8 Å². The molecule has 0 bridgehead atoms. The van der Waals surface area contributed by atoms with E-state index < -0.39 is 23.5 Å². The lowest BCUT2D eigenvalue weighted by molar-refractivity contribution is -0.141. The van der Waals surface area contributed by atoms with Gasteiger partial charge in [-0.15, -0.1) is 0 Å². The summed E-state index contributed by atoms with van der Waals surface area (Å²) in [5.41, 5.74) is -1.23. The van der Waals surface area contributed by atoms with Crippen molar-refractivity contribution in [2.75, 3.05) is 13.2 Å². The monoisotopic (exact) mass is 442 g/mol. The molecular weight excluding hydrogens is 408 g/mol. The Hall–Kier alpha value is -1.56. The highest BCUT2D eigenvalue weighted by atomic mass is 19.4. The molecule has 2 atom stereocenters. The van der Waals surface area contributed by atoms with Gasteiger partial charge in [0, 0.05) is 5.92 Å². The van der Waals surface area contributed by atoms with Gasteiger partial charge in [0.15, 0.2) is 11.6 Å². The highest BCUT2D eigenvalue weighted by Crippen LogP contribution is 2.44. The van der Waals surface area contributed by atoms with E-state index in [4.69, 9.17) is 9.47 Å². The largest absolute Gasteiger partial charge is 0.486 e. The average molecular weight is 443 g/mol. The maximum Gasteiger partial charge on any atom is 0.419 e. The van der Waals surface area contributed by atoms with E-state index in [-0.39, 0.29) is 30.6 Å². The molecule has 1 saturated carbocycles. The molecule has 1 heterocycles. The summed E-state index contributed by atoms with van der Waals surface area (Å²) in [7, 11) is 0. The molecule has 0 spiro atoms. The van der Waals surface area contributed by atoms with Gasteiger partial charge in [-0.25, -0.2) is 4.39 Å². The Morgan fingerprint density at radius 2 is 1.84 bits per heavy atom. The van der Waals surface area contributed by atoms with Crippen LogP contribution in [0.4, 0.5) is 17.6 Å². The van der Waals surface area contributed by atoms with E-state index in [1.54, 1.807) is 19.1 Å². The average Bonchev–Trinajstić information content (AvgIpc) is 2.75. The third-order valence-corrected chi connectivity index (χ3v) is 6.86. The number of hydrogen-bond acceptors (Lipinski definition) is 2. The second-order valence-electron chi connectivity index (χ2n) is 8.94. The lowest BCUT2D eigenvalue weighted by Crippen LogP contribution is -2.34. The van der Waals surface area contributed by atoms with Crippen LogP contribution in [0.2, 0.25) is 0 Å². The van der Waals surface area contributed by atoms with Crippen LogP contribution >= 0.6 is 0 Å². The van der Waals surface area contributed by atoms with Gasteiger partial charge in [-0.05, 0) is 56.1 Å². The summed E-state index contributed by atoms with van der Waals surface area (Å²) >= 11 is 0. The summed E-state index contributed by atoms with van der Waals surface area (Å²) in [4.78, 5) is 0. The molecule has 0 aromatic heterocycles. The number of rotatable bonds is 7. The van der Waals surface area contributed by atoms with Gasteiger partial charge in [0.1, 0.15) is 6.61 Å². The minimum absolute atomic E-state index is 0.0199. The van der Waals surface area contributed by atoms with E-state index in [1.165, 1.54) is 37.8 Å². The molecule has 31 heavy (non-hydrogen) atoms. The molecule has 2 nitrogen and oxygen atoms in total. The predicted molar refractivity (Wildman–Crippen MR) is 114 cm³/mol. The van der Waals surface area contributed by atoms with Crippen molar-refractivity contribution in [3.8, 4) is 5.75 Å². The van der Waals surface area contributed by atoms with Gasteiger partial charge in [0.25, 0.3) is 0 Å². The van der Waals surface area contributed by atoms with Crippen LogP contribution in [0.15, 0.2) is 24.3 Å². The first-order valence-corrected chi connectivity index (χ1v) is 11.6.